The van der Waals surface area contributed by atoms with Crippen molar-refractivity contribution >= 4 is 54.3 Å². The molecule has 0 saturated heterocycles. The van der Waals surface area contributed by atoms with Crippen LogP contribution in [0.2, 0.25) is 0 Å². The van der Waals surface area contributed by atoms with Crippen LogP contribution >= 0.6 is 43.2 Å². The van der Waals surface area contributed by atoms with E-state index in [1.54, 1.807) is 15.9 Å². The molecule has 0 saturated carbocycles. The first kappa shape index (κ1) is 15.0. The van der Waals surface area contributed by atoms with Gasteiger partial charge in [0.05, 0.1) is 19.1 Å². The van der Waals surface area contributed by atoms with Crippen molar-refractivity contribution < 1.29 is 4.42 Å². The Hall–Kier alpha value is -0.890. The molecule has 0 radical (unpaired) electrons. The van der Waals surface area contributed by atoms with Crippen LogP contribution in [0, 0.1) is 0 Å². The Labute approximate surface area is 141 Å². The highest BCUT2D eigenvalue weighted by atomic mass is 79.9. The molecule has 3 aromatic rings. The van der Waals surface area contributed by atoms with E-state index in [1.807, 2.05) is 31.2 Å². The summed E-state index contributed by atoms with van der Waals surface area (Å²) in [4.78, 5) is 11.7. The number of halogens is 2. The summed E-state index contributed by atoms with van der Waals surface area (Å²) in [5.74, 6) is -0.335. The van der Waals surface area contributed by atoms with E-state index in [4.69, 9.17) is 10.2 Å². The molecule has 7 heteroatoms. The molecule has 0 bridgehead atoms. The number of nitrogens with two attached hydrogens (primary N) is 1. The van der Waals surface area contributed by atoms with Crippen LogP contribution in [0.4, 0.5) is 0 Å². The van der Waals surface area contributed by atoms with Crippen molar-refractivity contribution in [3.63, 3.8) is 0 Å². The maximum Gasteiger partial charge on any atom is 0.419 e. The molecule has 4 nitrogen and oxygen atoms in total. The number of aromatic nitrogens is 1. The predicted octanol–water partition coefficient (Wildman–Crippen LogP) is 4.25. The molecule has 2 heterocycles. The van der Waals surface area contributed by atoms with Gasteiger partial charge in [0.1, 0.15) is 0 Å². The molecular formula is C14H12Br2N2O2S. The van der Waals surface area contributed by atoms with Crippen molar-refractivity contribution in [1.29, 1.82) is 0 Å². The molecule has 110 valence electrons. The molecule has 0 amide bonds. The molecule has 0 aliphatic heterocycles. The zero-order chi connectivity index (χ0) is 15.1. The Morgan fingerprint density at radius 1 is 1.38 bits per heavy atom. The van der Waals surface area contributed by atoms with E-state index in [2.05, 4.69) is 31.9 Å². The fraction of sp³-hybridized carbons (Fsp3) is 0.214. The summed E-state index contributed by atoms with van der Waals surface area (Å²) in [5.41, 5.74) is 9.60. The SMILES string of the molecule is CCn1c(=O)oc2cc(C(N)c3cc(Br)sc3Br)ccc21. The molecule has 1 aromatic carbocycles. The second-order valence-electron chi connectivity index (χ2n) is 4.60. The molecule has 21 heavy (non-hydrogen) atoms. The van der Waals surface area contributed by atoms with E-state index in [0.717, 1.165) is 24.2 Å². The number of nitrogens with zero attached hydrogens (tertiary/aromatic N) is 1. The van der Waals surface area contributed by atoms with Crippen molar-refractivity contribution in [3.8, 4) is 0 Å². The highest BCUT2D eigenvalue weighted by molar-refractivity contribution is 9.12. The molecule has 1 unspecified atom stereocenters. The molecule has 2 aromatic heterocycles. The minimum atomic E-state index is -0.335. The standard InChI is InChI=1S/C14H12Br2N2O2S/c1-2-18-9-4-3-7(5-10(9)20-14(18)19)12(17)8-6-11(15)21-13(8)16/h3-6,12H,2,17H2,1H3. The van der Waals surface area contributed by atoms with Gasteiger partial charge in [0.15, 0.2) is 5.58 Å². The highest BCUT2D eigenvalue weighted by Crippen LogP contribution is 2.37. The lowest BCUT2D eigenvalue weighted by atomic mass is 10.0. The first-order valence-electron chi connectivity index (χ1n) is 6.35. The van der Waals surface area contributed by atoms with E-state index in [0.29, 0.717) is 12.1 Å². The van der Waals surface area contributed by atoms with Crippen LogP contribution in [0.1, 0.15) is 24.1 Å². The molecule has 1 atom stereocenters. The normalized spacial score (nSPS) is 13.0. The number of benzene rings is 1. The number of rotatable bonds is 3. The number of oxazole rings is 1. The minimum Gasteiger partial charge on any atom is -0.408 e. The van der Waals surface area contributed by atoms with Crippen molar-refractivity contribution in [2.75, 3.05) is 0 Å². The van der Waals surface area contributed by atoms with Gasteiger partial charge in [0, 0.05) is 6.54 Å². The molecule has 0 aliphatic carbocycles. The predicted molar refractivity (Wildman–Crippen MR) is 91.9 cm³/mol. The van der Waals surface area contributed by atoms with Crippen LogP contribution in [-0.4, -0.2) is 4.57 Å². The van der Waals surface area contributed by atoms with Crippen LogP contribution in [0.3, 0.4) is 0 Å². The summed E-state index contributed by atoms with van der Waals surface area (Å²) in [6.07, 6.45) is 0. The van der Waals surface area contributed by atoms with Crippen LogP contribution in [0.25, 0.3) is 11.1 Å². The van der Waals surface area contributed by atoms with Gasteiger partial charge in [-0.3, -0.25) is 4.57 Å². The van der Waals surface area contributed by atoms with Gasteiger partial charge >= 0.3 is 5.76 Å². The number of hydrogen-bond donors (Lipinski definition) is 1. The Bertz CT molecular complexity index is 866. The van der Waals surface area contributed by atoms with Crippen LogP contribution in [-0.2, 0) is 6.54 Å². The first-order chi connectivity index (χ1) is 10.0. The molecule has 2 N–H and O–H groups in total. The number of hydrogen-bond acceptors (Lipinski definition) is 4. The van der Waals surface area contributed by atoms with E-state index in [1.165, 1.54) is 0 Å². The molecule has 0 aliphatic rings. The third-order valence-corrected chi connectivity index (χ3v) is 5.77. The Kier molecular flexibility index (Phi) is 4.09. The summed E-state index contributed by atoms with van der Waals surface area (Å²) >= 11 is 8.56. The molecule has 3 rings (SSSR count). The lowest BCUT2D eigenvalue weighted by Crippen LogP contribution is -2.12. The molecule has 0 spiro atoms. The topological polar surface area (TPSA) is 61.2 Å². The lowest BCUT2D eigenvalue weighted by molar-refractivity contribution is 0.513. The van der Waals surface area contributed by atoms with E-state index >= 15 is 0 Å². The fourth-order valence-corrected chi connectivity index (χ4v) is 5.25. The second-order valence-corrected chi connectivity index (χ2v) is 8.35. The van der Waals surface area contributed by atoms with Crippen LogP contribution < -0.4 is 11.5 Å². The largest absolute Gasteiger partial charge is 0.419 e. The quantitative estimate of drug-likeness (QED) is 0.674. The highest BCUT2D eigenvalue weighted by Gasteiger charge is 2.17. The van der Waals surface area contributed by atoms with Crippen molar-refractivity contribution in [1.82, 2.24) is 4.57 Å². The van der Waals surface area contributed by atoms with Gasteiger partial charge in [-0.25, -0.2) is 4.79 Å². The summed E-state index contributed by atoms with van der Waals surface area (Å²) in [6, 6.07) is 7.38. The average molecular weight is 432 g/mol. The minimum absolute atomic E-state index is 0.276. The van der Waals surface area contributed by atoms with Crippen LogP contribution in [0.5, 0.6) is 0 Å². The molecule has 0 fully saturated rings. The van der Waals surface area contributed by atoms with Crippen molar-refractivity contribution in [2.24, 2.45) is 5.73 Å². The van der Waals surface area contributed by atoms with Gasteiger partial charge in [-0.1, -0.05) is 6.07 Å². The van der Waals surface area contributed by atoms with Gasteiger partial charge in [-0.05, 0) is 68.1 Å². The lowest BCUT2D eigenvalue weighted by Gasteiger charge is -2.11. The molecular weight excluding hydrogens is 420 g/mol. The fourth-order valence-electron chi connectivity index (χ4n) is 2.32. The van der Waals surface area contributed by atoms with Crippen molar-refractivity contribution in [2.45, 2.75) is 19.5 Å². The zero-order valence-electron chi connectivity index (χ0n) is 11.1. The van der Waals surface area contributed by atoms with Crippen LogP contribution in [0.15, 0.2) is 41.0 Å². The van der Waals surface area contributed by atoms with Gasteiger partial charge < -0.3 is 10.2 Å². The van der Waals surface area contributed by atoms with Gasteiger partial charge in [0.2, 0.25) is 0 Å². The summed E-state index contributed by atoms with van der Waals surface area (Å²) in [7, 11) is 0. The maximum atomic E-state index is 11.7. The zero-order valence-corrected chi connectivity index (χ0v) is 15.1. The Morgan fingerprint density at radius 2 is 2.14 bits per heavy atom. The first-order valence-corrected chi connectivity index (χ1v) is 8.75. The summed E-state index contributed by atoms with van der Waals surface area (Å²) in [6.45, 7) is 2.50. The monoisotopic (exact) mass is 430 g/mol. The van der Waals surface area contributed by atoms with E-state index in [-0.39, 0.29) is 11.8 Å². The Balaban J connectivity index is 2.09. The number of fused-ring (bicyclic) bond motifs is 1. The van der Waals surface area contributed by atoms with Gasteiger partial charge in [-0.2, -0.15) is 0 Å². The number of aryl methyl sites for hydroxylation is 1. The van der Waals surface area contributed by atoms with E-state index in [9.17, 15) is 4.79 Å². The second kappa shape index (κ2) is 5.72. The smallest absolute Gasteiger partial charge is 0.408 e. The van der Waals surface area contributed by atoms with Crippen molar-refractivity contribution in [3.05, 3.63) is 53.5 Å². The van der Waals surface area contributed by atoms with Gasteiger partial charge in [-0.15, -0.1) is 11.3 Å². The summed E-state index contributed by atoms with van der Waals surface area (Å²) in [5, 5.41) is 0. The average Bonchev–Trinajstić information content (AvgIpc) is 2.95. The number of thiophene rings is 1. The maximum absolute atomic E-state index is 11.7. The van der Waals surface area contributed by atoms with Gasteiger partial charge in [0.25, 0.3) is 0 Å². The Morgan fingerprint density at radius 3 is 2.76 bits per heavy atom. The summed E-state index contributed by atoms with van der Waals surface area (Å²) < 4.78 is 8.90. The third-order valence-electron chi connectivity index (χ3n) is 3.39. The third kappa shape index (κ3) is 2.63. The van der Waals surface area contributed by atoms with E-state index < -0.39 is 0 Å².